The first-order valence-electron chi connectivity index (χ1n) is 6.30. The second kappa shape index (κ2) is 5.41. The Bertz CT molecular complexity index is 588. The van der Waals surface area contributed by atoms with E-state index in [1.807, 2.05) is 0 Å². The highest BCUT2D eigenvalue weighted by atomic mass is 19.4. The SMILES string of the molecule is COc1cc(C(F)(F)F)c(OC)c(C2(N=C=O)CCC2)c1. The van der Waals surface area contributed by atoms with Gasteiger partial charge in [0.25, 0.3) is 0 Å². The van der Waals surface area contributed by atoms with Gasteiger partial charge >= 0.3 is 6.18 Å². The van der Waals surface area contributed by atoms with Crippen molar-refractivity contribution >= 4 is 6.08 Å². The van der Waals surface area contributed by atoms with Crippen LogP contribution in [0.4, 0.5) is 13.2 Å². The Morgan fingerprint density at radius 3 is 2.29 bits per heavy atom. The van der Waals surface area contributed by atoms with Crippen LogP contribution in [0.3, 0.4) is 0 Å². The van der Waals surface area contributed by atoms with Gasteiger partial charge in [0.05, 0.1) is 14.2 Å². The summed E-state index contributed by atoms with van der Waals surface area (Å²) in [5.41, 5.74) is -1.72. The summed E-state index contributed by atoms with van der Waals surface area (Å²) < 4.78 is 49.5. The van der Waals surface area contributed by atoms with E-state index in [1.165, 1.54) is 19.3 Å². The van der Waals surface area contributed by atoms with Crippen molar-refractivity contribution in [1.82, 2.24) is 0 Å². The van der Waals surface area contributed by atoms with E-state index in [-0.39, 0.29) is 17.1 Å². The first-order valence-corrected chi connectivity index (χ1v) is 6.30. The summed E-state index contributed by atoms with van der Waals surface area (Å²) in [6, 6.07) is 2.31. The lowest BCUT2D eigenvalue weighted by Crippen LogP contribution is -2.33. The summed E-state index contributed by atoms with van der Waals surface area (Å²) in [5, 5.41) is 0. The largest absolute Gasteiger partial charge is 0.497 e. The molecule has 21 heavy (non-hydrogen) atoms. The second-order valence-corrected chi connectivity index (χ2v) is 4.84. The standard InChI is InChI=1S/C14H14F3NO3/c1-20-9-6-10(13(18-8-19)4-3-5-13)12(21-2)11(7-9)14(15,16)17/h6-7H,3-5H2,1-2H3. The summed E-state index contributed by atoms with van der Waals surface area (Å²) in [6.07, 6.45) is -1.42. The minimum atomic E-state index is -4.59. The molecule has 0 amide bonds. The van der Waals surface area contributed by atoms with Gasteiger partial charge in [0.2, 0.25) is 6.08 Å². The number of alkyl halides is 3. The predicted molar refractivity (Wildman–Crippen MR) is 68.2 cm³/mol. The number of hydrogen-bond donors (Lipinski definition) is 0. The third-order valence-electron chi connectivity index (χ3n) is 3.75. The lowest BCUT2D eigenvalue weighted by molar-refractivity contribution is -0.139. The van der Waals surface area contributed by atoms with Crippen LogP contribution < -0.4 is 9.47 Å². The molecule has 0 N–H and O–H groups in total. The molecule has 114 valence electrons. The Labute approximate surface area is 119 Å². The van der Waals surface area contributed by atoms with Crippen molar-refractivity contribution < 1.29 is 27.4 Å². The van der Waals surface area contributed by atoms with Crippen LogP contribution in [-0.2, 0) is 16.5 Å². The number of methoxy groups -OCH3 is 2. The van der Waals surface area contributed by atoms with E-state index in [9.17, 15) is 18.0 Å². The Morgan fingerprint density at radius 2 is 1.90 bits per heavy atom. The highest BCUT2D eigenvalue weighted by Gasteiger charge is 2.45. The second-order valence-electron chi connectivity index (χ2n) is 4.84. The summed E-state index contributed by atoms with van der Waals surface area (Å²) in [5.74, 6) is -0.271. The van der Waals surface area contributed by atoms with Crippen LogP contribution in [0.1, 0.15) is 30.4 Å². The summed E-state index contributed by atoms with van der Waals surface area (Å²) >= 11 is 0. The fourth-order valence-corrected chi connectivity index (χ4v) is 2.54. The van der Waals surface area contributed by atoms with E-state index in [4.69, 9.17) is 9.47 Å². The van der Waals surface area contributed by atoms with Crippen LogP contribution in [0.2, 0.25) is 0 Å². The Balaban J connectivity index is 2.72. The third kappa shape index (κ3) is 2.61. The molecule has 2 rings (SSSR count). The number of carbonyl (C=O) groups excluding carboxylic acids is 1. The molecule has 0 spiro atoms. The molecule has 0 radical (unpaired) electrons. The first-order chi connectivity index (χ1) is 9.88. The van der Waals surface area contributed by atoms with Crippen molar-refractivity contribution in [3.8, 4) is 11.5 Å². The zero-order valence-electron chi connectivity index (χ0n) is 11.6. The van der Waals surface area contributed by atoms with Gasteiger partial charge in [-0.15, -0.1) is 0 Å². The number of hydrogen-bond acceptors (Lipinski definition) is 4. The normalized spacial score (nSPS) is 16.6. The number of isocyanates is 1. The molecule has 1 aliphatic carbocycles. The molecule has 0 unspecified atom stereocenters. The van der Waals surface area contributed by atoms with Crippen LogP contribution in [0.15, 0.2) is 17.1 Å². The molecule has 0 bridgehead atoms. The molecule has 0 saturated heterocycles. The minimum absolute atomic E-state index is 0.0468. The number of aliphatic imine (C=N–C) groups is 1. The van der Waals surface area contributed by atoms with Crippen LogP contribution in [0.5, 0.6) is 11.5 Å². The molecule has 7 heteroatoms. The van der Waals surface area contributed by atoms with Crippen LogP contribution in [0.25, 0.3) is 0 Å². The van der Waals surface area contributed by atoms with E-state index < -0.39 is 17.3 Å². The lowest BCUT2D eigenvalue weighted by Gasteiger charge is -2.38. The molecule has 0 aliphatic heterocycles. The summed E-state index contributed by atoms with van der Waals surface area (Å²) in [6.45, 7) is 0. The first kappa shape index (κ1) is 15.4. The Kier molecular flexibility index (Phi) is 3.96. The van der Waals surface area contributed by atoms with E-state index >= 15 is 0 Å². The van der Waals surface area contributed by atoms with E-state index in [2.05, 4.69) is 4.99 Å². The van der Waals surface area contributed by atoms with Gasteiger partial charge in [0, 0.05) is 5.56 Å². The van der Waals surface area contributed by atoms with Gasteiger partial charge in [0.15, 0.2) is 0 Å². The Morgan fingerprint density at radius 1 is 1.24 bits per heavy atom. The number of halogens is 3. The molecule has 1 aromatic rings. The molecule has 1 aliphatic rings. The van der Waals surface area contributed by atoms with Crippen LogP contribution >= 0.6 is 0 Å². The van der Waals surface area contributed by atoms with Crippen molar-refractivity contribution in [2.45, 2.75) is 31.0 Å². The number of rotatable bonds is 4. The summed E-state index contributed by atoms with van der Waals surface area (Å²) in [7, 11) is 2.44. The van der Waals surface area contributed by atoms with Crippen molar-refractivity contribution in [2.75, 3.05) is 14.2 Å². The van der Waals surface area contributed by atoms with Gasteiger partial charge < -0.3 is 9.47 Å². The third-order valence-corrected chi connectivity index (χ3v) is 3.75. The van der Waals surface area contributed by atoms with Crippen LogP contribution in [0, 0.1) is 0 Å². The quantitative estimate of drug-likeness (QED) is 0.632. The molecular formula is C14H14F3NO3. The zero-order valence-corrected chi connectivity index (χ0v) is 11.6. The van der Waals surface area contributed by atoms with Gasteiger partial charge in [-0.05, 0) is 31.4 Å². The van der Waals surface area contributed by atoms with Crippen LogP contribution in [-0.4, -0.2) is 20.3 Å². The smallest absolute Gasteiger partial charge is 0.420 e. The molecule has 0 heterocycles. The number of nitrogens with zero attached hydrogens (tertiary/aromatic N) is 1. The van der Waals surface area contributed by atoms with E-state index in [0.717, 1.165) is 19.6 Å². The van der Waals surface area contributed by atoms with Gasteiger partial charge in [-0.3, -0.25) is 0 Å². The fourth-order valence-electron chi connectivity index (χ4n) is 2.54. The monoisotopic (exact) mass is 301 g/mol. The fraction of sp³-hybridized carbons (Fsp3) is 0.500. The van der Waals surface area contributed by atoms with Gasteiger partial charge in [-0.1, -0.05) is 0 Å². The molecule has 1 aromatic carbocycles. The average molecular weight is 301 g/mol. The highest BCUT2D eigenvalue weighted by molar-refractivity contribution is 5.54. The van der Waals surface area contributed by atoms with E-state index in [0.29, 0.717) is 12.8 Å². The molecule has 4 nitrogen and oxygen atoms in total. The molecule has 0 aromatic heterocycles. The van der Waals surface area contributed by atoms with Crippen molar-refractivity contribution in [2.24, 2.45) is 4.99 Å². The molecule has 1 saturated carbocycles. The maximum atomic E-state index is 13.2. The number of benzene rings is 1. The molecular weight excluding hydrogens is 287 g/mol. The molecule has 1 fully saturated rings. The van der Waals surface area contributed by atoms with E-state index in [1.54, 1.807) is 0 Å². The maximum absolute atomic E-state index is 13.2. The minimum Gasteiger partial charge on any atom is -0.497 e. The summed E-state index contributed by atoms with van der Waals surface area (Å²) in [4.78, 5) is 14.4. The van der Waals surface area contributed by atoms with Crippen molar-refractivity contribution in [1.29, 1.82) is 0 Å². The maximum Gasteiger partial charge on any atom is 0.420 e. The average Bonchev–Trinajstić information content (AvgIpc) is 2.40. The van der Waals surface area contributed by atoms with Crippen molar-refractivity contribution in [3.63, 3.8) is 0 Å². The predicted octanol–water partition coefficient (Wildman–Crippen LogP) is 3.44. The van der Waals surface area contributed by atoms with Gasteiger partial charge in [-0.2, -0.15) is 18.2 Å². The van der Waals surface area contributed by atoms with Gasteiger partial charge in [-0.25, -0.2) is 4.79 Å². The topological polar surface area (TPSA) is 47.9 Å². The lowest BCUT2D eigenvalue weighted by atomic mass is 9.71. The molecule has 0 atom stereocenters. The van der Waals surface area contributed by atoms with Gasteiger partial charge in [0.1, 0.15) is 22.6 Å². The Hall–Kier alpha value is -2.01. The zero-order chi connectivity index (χ0) is 15.7. The van der Waals surface area contributed by atoms with Crippen molar-refractivity contribution in [3.05, 3.63) is 23.3 Å². The highest BCUT2D eigenvalue weighted by Crippen LogP contribution is 2.52. The number of ether oxygens (including phenoxy) is 2.